The van der Waals surface area contributed by atoms with Gasteiger partial charge >= 0.3 is 0 Å². The van der Waals surface area contributed by atoms with E-state index in [9.17, 15) is 4.79 Å². The third-order valence-electron chi connectivity index (χ3n) is 1.78. The molecule has 0 aromatic heterocycles. The molecule has 0 heterocycles. The van der Waals surface area contributed by atoms with Gasteiger partial charge in [-0.25, -0.2) is 0 Å². The van der Waals surface area contributed by atoms with E-state index in [2.05, 4.69) is 4.90 Å². The summed E-state index contributed by atoms with van der Waals surface area (Å²) in [5, 5.41) is 0. The second kappa shape index (κ2) is 6.66. The van der Waals surface area contributed by atoms with Crippen LogP contribution < -0.4 is 0 Å². The van der Waals surface area contributed by atoms with Crippen molar-refractivity contribution < 1.29 is 4.79 Å². The Morgan fingerprint density at radius 1 is 1.23 bits per heavy atom. The zero-order chi connectivity index (χ0) is 10.3. The summed E-state index contributed by atoms with van der Waals surface area (Å²) >= 11 is 0. The van der Waals surface area contributed by atoms with Gasteiger partial charge in [0, 0.05) is 13.6 Å². The quantitative estimate of drug-likeness (QED) is 0.594. The molecule has 0 spiro atoms. The predicted octanol–water partition coefficient (Wildman–Crippen LogP) is 0.973. The summed E-state index contributed by atoms with van der Waals surface area (Å²) in [4.78, 5) is 15.1. The van der Waals surface area contributed by atoms with E-state index in [1.165, 1.54) is 0 Å². The second-order valence-electron chi connectivity index (χ2n) is 3.42. The van der Waals surface area contributed by atoms with E-state index in [4.69, 9.17) is 0 Å². The molecule has 0 saturated carbocycles. The van der Waals surface area contributed by atoms with Crippen LogP contribution in [0.25, 0.3) is 0 Å². The Hall–Kier alpha value is -0.830. The Balaban J connectivity index is 3.61. The maximum atomic E-state index is 11.2. The molecule has 0 bridgehead atoms. The van der Waals surface area contributed by atoms with Gasteiger partial charge < -0.3 is 9.80 Å². The van der Waals surface area contributed by atoms with Gasteiger partial charge in [0.25, 0.3) is 0 Å². The molecule has 0 atom stereocenters. The summed E-state index contributed by atoms with van der Waals surface area (Å²) in [6.07, 6.45) is 4.38. The predicted molar refractivity (Wildman–Crippen MR) is 55.6 cm³/mol. The molecule has 0 aliphatic rings. The first-order chi connectivity index (χ1) is 6.07. The van der Waals surface area contributed by atoms with Crippen molar-refractivity contribution in [3.63, 3.8) is 0 Å². The largest absolute Gasteiger partial charge is 0.342 e. The molecule has 3 heteroatoms. The van der Waals surface area contributed by atoms with E-state index in [1.807, 2.05) is 28.1 Å². The van der Waals surface area contributed by atoms with Crippen LogP contribution in [0.5, 0.6) is 0 Å². The SMILES string of the molecule is CC=CC(=O)N(C)CCCN(C)C. The fraction of sp³-hybridized carbons (Fsp3) is 0.700. The van der Waals surface area contributed by atoms with Crippen LogP contribution in [0, 0.1) is 0 Å². The van der Waals surface area contributed by atoms with Crippen molar-refractivity contribution >= 4 is 5.91 Å². The molecule has 3 nitrogen and oxygen atoms in total. The lowest BCUT2D eigenvalue weighted by Gasteiger charge is -2.16. The molecule has 0 N–H and O–H groups in total. The van der Waals surface area contributed by atoms with Crippen LogP contribution in [-0.4, -0.2) is 49.9 Å². The molecule has 76 valence electrons. The minimum atomic E-state index is 0.0845. The van der Waals surface area contributed by atoms with E-state index in [1.54, 1.807) is 17.1 Å². The van der Waals surface area contributed by atoms with Gasteiger partial charge in [-0.1, -0.05) is 6.08 Å². The number of allylic oxidation sites excluding steroid dienone is 1. The van der Waals surface area contributed by atoms with Crippen LogP contribution in [0.1, 0.15) is 13.3 Å². The Kier molecular flexibility index (Phi) is 6.24. The minimum absolute atomic E-state index is 0.0845. The molecule has 0 unspecified atom stereocenters. The normalized spacial score (nSPS) is 11.2. The number of rotatable bonds is 5. The maximum Gasteiger partial charge on any atom is 0.245 e. The van der Waals surface area contributed by atoms with Crippen LogP contribution >= 0.6 is 0 Å². The van der Waals surface area contributed by atoms with E-state index < -0.39 is 0 Å². The molecule has 0 radical (unpaired) electrons. The summed E-state index contributed by atoms with van der Waals surface area (Å²) in [5.41, 5.74) is 0. The zero-order valence-corrected chi connectivity index (χ0v) is 9.08. The Morgan fingerprint density at radius 2 is 1.85 bits per heavy atom. The number of hydrogen-bond acceptors (Lipinski definition) is 2. The topological polar surface area (TPSA) is 23.6 Å². The molecule has 0 rings (SSSR count). The lowest BCUT2D eigenvalue weighted by molar-refractivity contribution is -0.124. The van der Waals surface area contributed by atoms with E-state index >= 15 is 0 Å². The van der Waals surface area contributed by atoms with Crippen LogP contribution in [0.4, 0.5) is 0 Å². The molecule has 0 aliphatic heterocycles. The maximum absolute atomic E-state index is 11.2. The van der Waals surface area contributed by atoms with Gasteiger partial charge in [-0.3, -0.25) is 4.79 Å². The van der Waals surface area contributed by atoms with Gasteiger partial charge in [0.1, 0.15) is 0 Å². The van der Waals surface area contributed by atoms with E-state index in [0.29, 0.717) is 0 Å². The molecular weight excluding hydrogens is 164 g/mol. The number of carbonyl (C=O) groups is 1. The third kappa shape index (κ3) is 6.34. The summed E-state index contributed by atoms with van der Waals surface area (Å²) in [7, 11) is 5.90. The molecule has 13 heavy (non-hydrogen) atoms. The van der Waals surface area contributed by atoms with Gasteiger partial charge in [0.15, 0.2) is 0 Å². The molecule has 0 aliphatic carbocycles. The van der Waals surface area contributed by atoms with Crippen molar-refractivity contribution in [2.75, 3.05) is 34.2 Å². The van der Waals surface area contributed by atoms with Crippen molar-refractivity contribution in [1.29, 1.82) is 0 Å². The Morgan fingerprint density at radius 3 is 2.31 bits per heavy atom. The summed E-state index contributed by atoms with van der Waals surface area (Å²) in [6.45, 7) is 3.69. The van der Waals surface area contributed by atoms with Crippen molar-refractivity contribution in [2.45, 2.75) is 13.3 Å². The highest BCUT2D eigenvalue weighted by Gasteiger charge is 2.03. The fourth-order valence-corrected chi connectivity index (χ4v) is 1.00. The lowest BCUT2D eigenvalue weighted by Crippen LogP contribution is -2.28. The number of likely N-dealkylation sites (N-methyl/N-ethyl adjacent to an activating group) is 1. The highest BCUT2D eigenvalue weighted by atomic mass is 16.2. The Labute approximate surface area is 81.0 Å². The number of amides is 1. The smallest absolute Gasteiger partial charge is 0.245 e. The van der Waals surface area contributed by atoms with E-state index in [-0.39, 0.29) is 5.91 Å². The number of carbonyl (C=O) groups excluding carboxylic acids is 1. The van der Waals surface area contributed by atoms with Crippen LogP contribution in [0.3, 0.4) is 0 Å². The summed E-state index contributed by atoms with van der Waals surface area (Å²) in [5.74, 6) is 0.0845. The summed E-state index contributed by atoms with van der Waals surface area (Å²) < 4.78 is 0. The van der Waals surface area contributed by atoms with Crippen LogP contribution in [0.15, 0.2) is 12.2 Å². The number of nitrogens with zero attached hydrogens (tertiary/aromatic N) is 2. The average Bonchev–Trinajstić information content (AvgIpc) is 2.04. The average molecular weight is 184 g/mol. The molecular formula is C10H20N2O. The first kappa shape index (κ1) is 12.2. The standard InChI is InChI=1S/C10H20N2O/c1-5-7-10(13)12(4)9-6-8-11(2)3/h5,7H,6,8-9H2,1-4H3. The molecule has 0 aromatic rings. The molecule has 1 amide bonds. The van der Waals surface area contributed by atoms with Gasteiger partial charge in [0.2, 0.25) is 5.91 Å². The van der Waals surface area contributed by atoms with E-state index in [0.717, 1.165) is 19.5 Å². The minimum Gasteiger partial charge on any atom is -0.342 e. The summed E-state index contributed by atoms with van der Waals surface area (Å²) in [6, 6.07) is 0. The lowest BCUT2D eigenvalue weighted by atomic mass is 10.3. The Bertz CT molecular complexity index is 176. The molecule has 0 saturated heterocycles. The van der Waals surface area contributed by atoms with Gasteiger partial charge in [-0.05, 0) is 40.1 Å². The third-order valence-corrected chi connectivity index (χ3v) is 1.78. The first-order valence-corrected chi connectivity index (χ1v) is 4.60. The highest BCUT2D eigenvalue weighted by Crippen LogP contribution is 1.91. The monoisotopic (exact) mass is 184 g/mol. The molecule has 0 fully saturated rings. The highest BCUT2D eigenvalue weighted by molar-refractivity contribution is 5.87. The second-order valence-corrected chi connectivity index (χ2v) is 3.42. The molecule has 0 aromatic carbocycles. The van der Waals surface area contributed by atoms with Crippen molar-refractivity contribution in [1.82, 2.24) is 9.80 Å². The first-order valence-electron chi connectivity index (χ1n) is 4.60. The van der Waals surface area contributed by atoms with Crippen LogP contribution in [-0.2, 0) is 4.79 Å². The van der Waals surface area contributed by atoms with Gasteiger partial charge in [-0.2, -0.15) is 0 Å². The van der Waals surface area contributed by atoms with Crippen molar-refractivity contribution in [3.05, 3.63) is 12.2 Å². The van der Waals surface area contributed by atoms with Gasteiger partial charge in [-0.15, -0.1) is 0 Å². The number of hydrogen-bond donors (Lipinski definition) is 0. The zero-order valence-electron chi connectivity index (χ0n) is 9.08. The fourth-order valence-electron chi connectivity index (χ4n) is 1.00. The van der Waals surface area contributed by atoms with Gasteiger partial charge in [0.05, 0.1) is 0 Å². The van der Waals surface area contributed by atoms with Crippen molar-refractivity contribution in [3.8, 4) is 0 Å². The van der Waals surface area contributed by atoms with Crippen molar-refractivity contribution in [2.24, 2.45) is 0 Å². The van der Waals surface area contributed by atoms with Crippen LogP contribution in [0.2, 0.25) is 0 Å².